The Morgan fingerprint density at radius 2 is 1.59 bits per heavy atom. The number of ether oxygens (including phenoxy) is 1. The summed E-state index contributed by atoms with van der Waals surface area (Å²) >= 11 is 0. The predicted molar refractivity (Wildman–Crippen MR) is 133 cm³/mol. The average molecular weight is 521 g/mol. The smallest absolute Gasteiger partial charge is 0.406 e. The van der Waals surface area contributed by atoms with Gasteiger partial charge in [-0.1, -0.05) is 55.7 Å². The molecule has 1 aliphatic carbocycles. The van der Waals surface area contributed by atoms with Gasteiger partial charge in [0.2, 0.25) is 0 Å². The van der Waals surface area contributed by atoms with E-state index in [1.165, 1.54) is 12.1 Å². The minimum absolute atomic E-state index is 0. The summed E-state index contributed by atoms with van der Waals surface area (Å²) in [7, 11) is 0. The van der Waals surface area contributed by atoms with Gasteiger partial charge < -0.3 is 20.1 Å². The van der Waals surface area contributed by atoms with Gasteiger partial charge in [-0.15, -0.1) is 38.0 Å². The van der Waals surface area contributed by atoms with Gasteiger partial charge in [0.1, 0.15) is 5.75 Å². The van der Waals surface area contributed by atoms with Crippen LogP contribution >= 0.6 is 24.8 Å². The van der Waals surface area contributed by atoms with Crippen molar-refractivity contribution in [3.8, 4) is 16.9 Å². The van der Waals surface area contributed by atoms with Crippen LogP contribution in [0.15, 0.2) is 48.5 Å². The van der Waals surface area contributed by atoms with E-state index in [-0.39, 0.29) is 36.5 Å². The van der Waals surface area contributed by atoms with Gasteiger partial charge >= 0.3 is 6.36 Å². The maximum absolute atomic E-state index is 12.6. The molecule has 2 fully saturated rings. The first-order valence-corrected chi connectivity index (χ1v) is 11.4. The molecule has 0 bridgehead atoms. The third kappa shape index (κ3) is 7.49. The van der Waals surface area contributed by atoms with Crippen LogP contribution in [-0.2, 0) is 0 Å². The first-order chi connectivity index (χ1) is 15.3. The number of rotatable bonds is 6. The van der Waals surface area contributed by atoms with Crippen molar-refractivity contribution in [3.63, 3.8) is 0 Å². The molecule has 2 aliphatic rings. The van der Waals surface area contributed by atoms with Crippen LogP contribution < -0.4 is 10.1 Å². The van der Waals surface area contributed by atoms with Gasteiger partial charge in [-0.25, -0.2) is 0 Å². The van der Waals surface area contributed by atoms with Gasteiger partial charge in [-0.05, 0) is 41.7 Å². The Balaban J connectivity index is 0.00000204. The van der Waals surface area contributed by atoms with Crippen molar-refractivity contribution in [3.05, 3.63) is 54.1 Å². The third-order valence-corrected chi connectivity index (χ3v) is 6.73. The molecule has 0 amide bonds. The van der Waals surface area contributed by atoms with Gasteiger partial charge in [-0.2, -0.15) is 0 Å². The SMILES string of the molecule is Cl.Cl.OC1(C(CN2CCNCC2)c2ccc(-c3cccc(OC(F)(F)F)c3)cc2)CCCCC1. The number of nitrogens with one attached hydrogen (secondary N) is 1. The Bertz CT molecular complexity index is 884. The summed E-state index contributed by atoms with van der Waals surface area (Å²) in [5.41, 5.74) is 1.84. The van der Waals surface area contributed by atoms with Gasteiger partial charge in [0.25, 0.3) is 0 Å². The number of hydrogen-bond donors (Lipinski definition) is 2. The summed E-state index contributed by atoms with van der Waals surface area (Å²) in [5.74, 6) is -0.220. The zero-order valence-electron chi connectivity index (χ0n) is 19.0. The van der Waals surface area contributed by atoms with Crippen molar-refractivity contribution in [2.75, 3.05) is 32.7 Å². The van der Waals surface area contributed by atoms with Gasteiger partial charge in [0, 0.05) is 38.6 Å². The van der Waals surface area contributed by atoms with Crippen molar-refractivity contribution >= 4 is 24.8 Å². The largest absolute Gasteiger partial charge is 0.573 e. The molecule has 4 rings (SSSR count). The average Bonchev–Trinajstić information content (AvgIpc) is 2.78. The van der Waals surface area contributed by atoms with Crippen molar-refractivity contribution in [2.24, 2.45) is 0 Å². The van der Waals surface area contributed by atoms with Crippen LogP contribution in [0.2, 0.25) is 0 Å². The first-order valence-electron chi connectivity index (χ1n) is 11.4. The van der Waals surface area contributed by atoms with Crippen molar-refractivity contribution in [1.29, 1.82) is 0 Å². The fourth-order valence-electron chi connectivity index (χ4n) is 5.03. The third-order valence-electron chi connectivity index (χ3n) is 6.73. The molecule has 1 aliphatic heterocycles. The van der Waals surface area contributed by atoms with E-state index in [9.17, 15) is 18.3 Å². The number of alkyl halides is 3. The summed E-state index contributed by atoms with van der Waals surface area (Å²) < 4.78 is 41.8. The molecular formula is C25H33Cl2F3N2O2. The minimum atomic E-state index is -4.71. The molecule has 0 spiro atoms. The van der Waals surface area contributed by atoms with Crippen LogP contribution in [-0.4, -0.2) is 54.7 Å². The number of benzene rings is 2. The highest BCUT2D eigenvalue weighted by atomic mass is 35.5. The normalized spacial score (nSPS) is 19.4. The van der Waals surface area contributed by atoms with E-state index < -0.39 is 12.0 Å². The second kappa shape index (κ2) is 12.5. The molecule has 2 aromatic rings. The van der Waals surface area contributed by atoms with Crippen molar-refractivity contribution in [1.82, 2.24) is 10.2 Å². The highest BCUT2D eigenvalue weighted by molar-refractivity contribution is 5.85. The molecule has 2 N–H and O–H groups in total. The summed E-state index contributed by atoms with van der Waals surface area (Å²) in [6, 6.07) is 13.9. The topological polar surface area (TPSA) is 44.7 Å². The molecule has 34 heavy (non-hydrogen) atoms. The maximum Gasteiger partial charge on any atom is 0.573 e. The number of nitrogens with zero attached hydrogens (tertiary/aromatic N) is 1. The van der Waals surface area contributed by atoms with E-state index in [0.717, 1.165) is 76.0 Å². The van der Waals surface area contributed by atoms with E-state index in [2.05, 4.69) is 15.0 Å². The summed E-state index contributed by atoms with van der Waals surface area (Å²) in [5, 5.41) is 15.0. The number of piperazine rings is 1. The lowest BCUT2D eigenvalue weighted by Gasteiger charge is -2.42. The highest BCUT2D eigenvalue weighted by Crippen LogP contribution is 2.41. The summed E-state index contributed by atoms with van der Waals surface area (Å²) in [6.07, 6.45) is 0.148. The molecular weight excluding hydrogens is 488 g/mol. The fourth-order valence-corrected chi connectivity index (χ4v) is 5.03. The first kappa shape index (κ1) is 28.7. The van der Waals surface area contributed by atoms with Crippen LogP contribution in [0.5, 0.6) is 5.75 Å². The molecule has 1 atom stereocenters. The molecule has 4 nitrogen and oxygen atoms in total. The molecule has 2 aromatic carbocycles. The standard InChI is InChI=1S/C25H31F3N2O2.2ClH/c26-25(27,28)32-22-6-4-5-21(17-22)19-7-9-20(10-8-19)23(18-30-15-13-29-14-16-30)24(31)11-2-1-3-12-24;;/h4-10,17,23,29,31H,1-3,11-16,18H2;2*1H. The molecule has 1 unspecified atom stereocenters. The fraction of sp³-hybridized carbons (Fsp3) is 0.520. The molecule has 9 heteroatoms. The van der Waals surface area contributed by atoms with Crippen LogP contribution in [0.1, 0.15) is 43.6 Å². The van der Waals surface area contributed by atoms with E-state index in [1.807, 2.05) is 24.3 Å². The molecule has 0 aromatic heterocycles. The Morgan fingerprint density at radius 1 is 0.941 bits per heavy atom. The minimum Gasteiger partial charge on any atom is -0.406 e. The lowest BCUT2D eigenvalue weighted by Crippen LogP contribution is -2.49. The highest BCUT2D eigenvalue weighted by Gasteiger charge is 2.39. The Hall–Kier alpha value is -1.51. The molecule has 1 saturated carbocycles. The Kier molecular flexibility index (Phi) is 10.5. The lowest BCUT2D eigenvalue weighted by molar-refractivity contribution is -0.274. The number of aliphatic hydroxyl groups is 1. The van der Waals surface area contributed by atoms with Crippen LogP contribution in [0, 0.1) is 0 Å². The Morgan fingerprint density at radius 3 is 2.21 bits per heavy atom. The van der Waals surface area contributed by atoms with E-state index >= 15 is 0 Å². The van der Waals surface area contributed by atoms with Gasteiger partial charge in [0.15, 0.2) is 0 Å². The summed E-state index contributed by atoms with van der Waals surface area (Å²) in [6.45, 7) is 4.67. The second-order valence-electron chi connectivity index (χ2n) is 8.97. The number of hydrogen-bond acceptors (Lipinski definition) is 4. The van der Waals surface area contributed by atoms with Crippen molar-refractivity contribution < 1.29 is 23.0 Å². The van der Waals surface area contributed by atoms with Crippen LogP contribution in [0.3, 0.4) is 0 Å². The zero-order chi connectivity index (χ0) is 22.6. The Labute approximate surface area is 211 Å². The van der Waals surface area contributed by atoms with Gasteiger partial charge in [-0.3, -0.25) is 0 Å². The van der Waals surface area contributed by atoms with Crippen LogP contribution in [0.4, 0.5) is 13.2 Å². The summed E-state index contributed by atoms with van der Waals surface area (Å²) in [4.78, 5) is 2.42. The van der Waals surface area contributed by atoms with Crippen LogP contribution in [0.25, 0.3) is 11.1 Å². The van der Waals surface area contributed by atoms with Gasteiger partial charge in [0.05, 0.1) is 5.60 Å². The maximum atomic E-state index is 12.6. The quantitative estimate of drug-likeness (QED) is 0.506. The lowest BCUT2D eigenvalue weighted by atomic mass is 9.72. The monoisotopic (exact) mass is 520 g/mol. The van der Waals surface area contributed by atoms with E-state index in [1.54, 1.807) is 12.1 Å². The molecule has 0 radical (unpaired) electrons. The van der Waals surface area contributed by atoms with E-state index in [4.69, 9.17) is 0 Å². The molecule has 190 valence electrons. The van der Waals surface area contributed by atoms with E-state index in [0.29, 0.717) is 5.56 Å². The second-order valence-corrected chi connectivity index (χ2v) is 8.97. The molecule has 1 heterocycles. The molecule has 1 saturated heterocycles. The van der Waals surface area contributed by atoms with Crippen molar-refractivity contribution in [2.45, 2.75) is 50.0 Å². The zero-order valence-corrected chi connectivity index (χ0v) is 20.7. The predicted octanol–water partition coefficient (Wildman–Crippen LogP) is 5.78. The number of halogens is 5.